The van der Waals surface area contributed by atoms with Crippen molar-refractivity contribution in [3.05, 3.63) is 0 Å². The molecule has 4 heteroatoms. The van der Waals surface area contributed by atoms with Gasteiger partial charge in [-0.2, -0.15) is 0 Å². The molecule has 3 atom stereocenters. The van der Waals surface area contributed by atoms with E-state index in [4.69, 9.17) is 4.74 Å². The Bertz CT molecular complexity index is 318. The molecule has 0 aromatic heterocycles. The van der Waals surface area contributed by atoms with Crippen LogP contribution in [0.4, 0.5) is 0 Å². The Balaban J connectivity index is 1.98. The lowest BCUT2D eigenvalue weighted by molar-refractivity contribution is -0.144. The topological polar surface area (TPSA) is 41.6 Å². The zero-order valence-electron chi connectivity index (χ0n) is 13.2. The van der Waals surface area contributed by atoms with E-state index in [-0.39, 0.29) is 12.0 Å². The second kappa shape index (κ2) is 7.41. The number of nitrogens with zero attached hydrogens (tertiary/aromatic N) is 1. The molecule has 2 fully saturated rings. The number of fused-ring (bicyclic) bond motifs is 1. The van der Waals surface area contributed by atoms with Crippen molar-refractivity contribution in [2.75, 3.05) is 20.2 Å². The maximum absolute atomic E-state index is 12.0. The fourth-order valence-corrected chi connectivity index (χ4v) is 3.93. The van der Waals surface area contributed by atoms with Gasteiger partial charge >= 0.3 is 5.97 Å². The first kappa shape index (κ1) is 15.8. The van der Waals surface area contributed by atoms with Gasteiger partial charge in [-0.3, -0.25) is 9.69 Å². The number of carbonyl (C=O) groups excluding carboxylic acids is 1. The van der Waals surface area contributed by atoms with Crippen molar-refractivity contribution in [1.82, 2.24) is 10.2 Å². The first-order chi connectivity index (χ1) is 9.61. The van der Waals surface area contributed by atoms with Crippen LogP contribution in [0.3, 0.4) is 0 Å². The van der Waals surface area contributed by atoms with E-state index in [2.05, 4.69) is 24.1 Å². The highest BCUT2D eigenvalue weighted by molar-refractivity contribution is 5.76. The van der Waals surface area contributed by atoms with E-state index in [9.17, 15) is 4.79 Å². The van der Waals surface area contributed by atoms with Gasteiger partial charge in [-0.05, 0) is 38.1 Å². The van der Waals surface area contributed by atoms with E-state index in [0.29, 0.717) is 12.1 Å². The Morgan fingerprint density at radius 3 is 2.65 bits per heavy atom. The Morgan fingerprint density at radius 1 is 1.25 bits per heavy atom. The van der Waals surface area contributed by atoms with E-state index in [1.165, 1.54) is 45.6 Å². The number of methoxy groups -OCH3 is 1. The second-order valence-corrected chi connectivity index (χ2v) is 6.65. The fourth-order valence-electron chi connectivity index (χ4n) is 3.93. The van der Waals surface area contributed by atoms with Crippen LogP contribution in [0.5, 0.6) is 0 Å². The molecule has 3 unspecified atom stereocenters. The Labute approximate surface area is 123 Å². The minimum atomic E-state index is -0.194. The smallest absolute Gasteiger partial charge is 0.324 e. The normalized spacial score (nSPS) is 29.0. The van der Waals surface area contributed by atoms with E-state index < -0.39 is 0 Å². The molecular formula is C16H30N2O2. The molecule has 1 N–H and O–H groups in total. The maximum Gasteiger partial charge on any atom is 0.324 e. The van der Waals surface area contributed by atoms with Gasteiger partial charge in [-0.25, -0.2) is 0 Å². The van der Waals surface area contributed by atoms with Crippen LogP contribution in [0.15, 0.2) is 0 Å². The molecule has 0 aromatic rings. The molecule has 116 valence electrons. The second-order valence-electron chi connectivity index (χ2n) is 6.65. The van der Waals surface area contributed by atoms with E-state index in [1.807, 2.05) is 0 Å². The molecule has 2 aliphatic rings. The standard InChI is InChI=1S/C16H30N2O2/c1-12(2)17-14(16(19)20-3)11-18-10-6-8-13-7-4-5-9-15(13)18/h12-15,17H,4-11H2,1-3H3. The summed E-state index contributed by atoms with van der Waals surface area (Å²) in [7, 11) is 1.48. The third kappa shape index (κ3) is 3.95. The van der Waals surface area contributed by atoms with Crippen LogP contribution >= 0.6 is 0 Å². The van der Waals surface area contributed by atoms with Gasteiger partial charge in [0.2, 0.25) is 0 Å². The summed E-state index contributed by atoms with van der Waals surface area (Å²) in [5.74, 6) is 0.728. The van der Waals surface area contributed by atoms with Gasteiger partial charge in [0.1, 0.15) is 6.04 Å². The van der Waals surface area contributed by atoms with Crippen molar-refractivity contribution >= 4 is 5.97 Å². The molecular weight excluding hydrogens is 252 g/mol. The number of hydrogen-bond donors (Lipinski definition) is 1. The Hall–Kier alpha value is -0.610. The third-order valence-corrected chi connectivity index (χ3v) is 4.80. The zero-order chi connectivity index (χ0) is 14.5. The molecule has 0 bridgehead atoms. The van der Waals surface area contributed by atoms with Crippen LogP contribution in [0.2, 0.25) is 0 Å². The highest BCUT2D eigenvalue weighted by Gasteiger charge is 2.35. The average Bonchev–Trinajstić information content (AvgIpc) is 2.45. The first-order valence-corrected chi connectivity index (χ1v) is 8.19. The van der Waals surface area contributed by atoms with Crippen LogP contribution < -0.4 is 5.32 Å². The van der Waals surface area contributed by atoms with Gasteiger partial charge in [0.05, 0.1) is 7.11 Å². The summed E-state index contributed by atoms with van der Waals surface area (Å²) in [4.78, 5) is 14.5. The Morgan fingerprint density at radius 2 is 1.95 bits per heavy atom. The molecule has 2 rings (SSSR count). The number of piperidine rings is 1. The molecule has 1 heterocycles. The molecule has 1 saturated carbocycles. The highest BCUT2D eigenvalue weighted by Crippen LogP contribution is 2.35. The largest absolute Gasteiger partial charge is 0.468 e. The van der Waals surface area contributed by atoms with Crippen molar-refractivity contribution in [3.63, 3.8) is 0 Å². The third-order valence-electron chi connectivity index (χ3n) is 4.80. The summed E-state index contributed by atoms with van der Waals surface area (Å²) in [6.45, 7) is 6.09. The summed E-state index contributed by atoms with van der Waals surface area (Å²) in [5, 5.41) is 3.36. The first-order valence-electron chi connectivity index (χ1n) is 8.19. The average molecular weight is 282 g/mol. The van der Waals surface area contributed by atoms with Gasteiger partial charge in [0, 0.05) is 18.6 Å². The van der Waals surface area contributed by atoms with Gasteiger partial charge in [-0.15, -0.1) is 0 Å². The molecule has 1 aliphatic carbocycles. The van der Waals surface area contributed by atoms with E-state index in [0.717, 1.165) is 19.0 Å². The van der Waals surface area contributed by atoms with E-state index >= 15 is 0 Å². The van der Waals surface area contributed by atoms with Crippen molar-refractivity contribution in [2.24, 2.45) is 5.92 Å². The quantitative estimate of drug-likeness (QED) is 0.785. The molecule has 4 nitrogen and oxygen atoms in total. The Kier molecular flexibility index (Phi) is 5.85. The SMILES string of the molecule is COC(=O)C(CN1CCCC2CCCCC21)NC(C)C. The van der Waals surface area contributed by atoms with Gasteiger partial charge in [0.25, 0.3) is 0 Å². The molecule has 1 aliphatic heterocycles. The van der Waals surface area contributed by atoms with Crippen LogP contribution in [-0.4, -0.2) is 49.2 Å². The van der Waals surface area contributed by atoms with Crippen molar-refractivity contribution in [1.29, 1.82) is 0 Å². The lowest BCUT2D eigenvalue weighted by Gasteiger charge is -2.45. The number of hydrogen-bond acceptors (Lipinski definition) is 4. The van der Waals surface area contributed by atoms with E-state index in [1.54, 1.807) is 0 Å². The number of carbonyl (C=O) groups is 1. The summed E-state index contributed by atoms with van der Waals surface area (Å²) < 4.78 is 4.96. The predicted octanol–water partition coefficient (Wildman–Crippen LogP) is 2.18. The maximum atomic E-state index is 12.0. The summed E-state index contributed by atoms with van der Waals surface area (Å²) in [6, 6.07) is 0.797. The van der Waals surface area contributed by atoms with Gasteiger partial charge in [-0.1, -0.05) is 26.7 Å². The summed E-state index contributed by atoms with van der Waals surface area (Å²) in [6.07, 6.45) is 8.07. The van der Waals surface area contributed by atoms with Gasteiger partial charge in [0.15, 0.2) is 0 Å². The van der Waals surface area contributed by atoms with Crippen molar-refractivity contribution in [3.8, 4) is 0 Å². The molecule has 1 saturated heterocycles. The molecule has 0 amide bonds. The van der Waals surface area contributed by atoms with Crippen molar-refractivity contribution in [2.45, 2.75) is 70.5 Å². The van der Waals surface area contributed by atoms with Crippen LogP contribution in [0.25, 0.3) is 0 Å². The molecule has 20 heavy (non-hydrogen) atoms. The fraction of sp³-hybridized carbons (Fsp3) is 0.938. The van der Waals surface area contributed by atoms with Crippen LogP contribution in [0.1, 0.15) is 52.4 Å². The monoisotopic (exact) mass is 282 g/mol. The predicted molar refractivity (Wildman–Crippen MR) is 80.6 cm³/mol. The minimum Gasteiger partial charge on any atom is -0.468 e. The molecule has 0 spiro atoms. The molecule has 0 radical (unpaired) electrons. The lowest BCUT2D eigenvalue weighted by Crippen LogP contribution is -2.55. The van der Waals surface area contributed by atoms with Crippen LogP contribution in [0, 0.1) is 5.92 Å². The van der Waals surface area contributed by atoms with Gasteiger partial charge < -0.3 is 10.1 Å². The molecule has 0 aromatic carbocycles. The number of rotatable bonds is 5. The number of likely N-dealkylation sites (tertiary alicyclic amines) is 1. The number of esters is 1. The van der Waals surface area contributed by atoms with Crippen LogP contribution in [-0.2, 0) is 9.53 Å². The number of ether oxygens (including phenoxy) is 1. The minimum absolute atomic E-state index is 0.128. The van der Waals surface area contributed by atoms with Crippen molar-refractivity contribution < 1.29 is 9.53 Å². The summed E-state index contributed by atoms with van der Waals surface area (Å²) >= 11 is 0. The highest BCUT2D eigenvalue weighted by atomic mass is 16.5. The summed E-state index contributed by atoms with van der Waals surface area (Å²) in [5.41, 5.74) is 0. The zero-order valence-corrected chi connectivity index (χ0v) is 13.2. The number of nitrogens with one attached hydrogen (secondary N) is 1. The lowest BCUT2D eigenvalue weighted by atomic mass is 9.78.